The number of ether oxygens (including phenoxy) is 2. The van der Waals surface area contributed by atoms with Crippen molar-refractivity contribution in [2.75, 3.05) is 12.8 Å². The summed E-state index contributed by atoms with van der Waals surface area (Å²) in [6, 6.07) is 8.73. The SMILES string of the molecule is COC(=O)c1cc(OCc2cccc(Cl)c2)ncc1N. The van der Waals surface area contributed by atoms with E-state index < -0.39 is 5.97 Å². The highest BCUT2D eigenvalue weighted by Crippen LogP contribution is 2.19. The fourth-order valence-electron chi connectivity index (χ4n) is 1.60. The second kappa shape index (κ2) is 6.25. The second-order valence-electron chi connectivity index (χ2n) is 4.02. The van der Waals surface area contributed by atoms with Gasteiger partial charge in [-0.25, -0.2) is 9.78 Å². The number of halogens is 1. The van der Waals surface area contributed by atoms with Gasteiger partial charge in [-0.15, -0.1) is 0 Å². The predicted molar refractivity (Wildman–Crippen MR) is 75.8 cm³/mol. The van der Waals surface area contributed by atoms with E-state index in [9.17, 15) is 4.79 Å². The van der Waals surface area contributed by atoms with E-state index in [4.69, 9.17) is 22.1 Å². The average Bonchev–Trinajstić information content (AvgIpc) is 2.45. The van der Waals surface area contributed by atoms with E-state index in [1.807, 2.05) is 12.1 Å². The average molecular weight is 293 g/mol. The molecule has 0 atom stereocenters. The zero-order valence-electron chi connectivity index (χ0n) is 10.8. The van der Waals surface area contributed by atoms with Crippen molar-refractivity contribution >= 4 is 23.3 Å². The van der Waals surface area contributed by atoms with Crippen molar-refractivity contribution in [1.29, 1.82) is 0 Å². The van der Waals surface area contributed by atoms with Crippen LogP contribution in [-0.4, -0.2) is 18.1 Å². The van der Waals surface area contributed by atoms with Crippen LogP contribution in [0.5, 0.6) is 5.88 Å². The summed E-state index contributed by atoms with van der Waals surface area (Å²) in [5, 5.41) is 0.631. The maximum atomic E-state index is 11.5. The fourth-order valence-corrected chi connectivity index (χ4v) is 1.81. The Bertz CT molecular complexity index is 632. The Morgan fingerprint density at radius 3 is 2.90 bits per heavy atom. The van der Waals surface area contributed by atoms with Crippen molar-refractivity contribution in [3.05, 3.63) is 52.7 Å². The molecule has 0 amide bonds. The Morgan fingerprint density at radius 2 is 2.20 bits per heavy atom. The molecule has 0 aliphatic carbocycles. The van der Waals surface area contributed by atoms with Gasteiger partial charge in [-0.3, -0.25) is 0 Å². The highest BCUT2D eigenvalue weighted by atomic mass is 35.5. The minimum absolute atomic E-state index is 0.226. The molecule has 6 heteroatoms. The van der Waals surface area contributed by atoms with Crippen LogP contribution >= 0.6 is 11.6 Å². The molecule has 2 rings (SSSR count). The first-order valence-corrected chi connectivity index (χ1v) is 6.19. The topological polar surface area (TPSA) is 74.4 Å². The number of hydrogen-bond donors (Lipinski definition) is 1. The molecule has 0 aliphatic rings. The van der Waals surface area contributed by atoms with Gasteiger partial charge in [0.15, 0.2) is 0 Å². The zero-order chi connectivity index (χ0) is 14.5. The van der Waals surface area contributed by atoms with Gasteiger partial charge in [0, 0.05) is 11.1 Å². The minimum Gasteiger partial charge on any atom is -0.473 e. The Kier molecular flexibility index (Phi) is 4.42. The quantitative estimate of drug-likeness (QED) is 0.877. The number of benzene rings is 1. The van der Waals surface area contributed by atoms with Crippen LogP contribution in [0.4, 0.5) is 5.69 Å². The molecule has 1 aromatic heterocycles. The molecule has 0 spiro atoms. The third-order valence-electron chi connectivity index (χ3n) is 2.59. The van der Waals surface area contributed by atoms with Crippen LogP contribution in [0.2, 0.25) is 5.02 Å². The highest BCUT2D eigenvalue weighted by molar-refractivity contribution is 6.30. The van der Waals surface area contributed by atoms with E-state index in [0.717, 1.165) is 5.56 Å². The van der Waals surface area contributed by atoms with Gasteiger partial charge < -0.3 is 15.2 Å². The monoisotopic (exact) mass is 292 g/mol. The van der Waals surface area contributed by atoms with Crippen LogP contribution in [0.3, 0.4) is 0 Å². The van der Waals surface area contributed by atoms with Crippen molar-refractivity contribution in [2.45, 2.75) is 6.61 Å². The largest absolute Gasteiger partial charge is 0.473 e. The van der Waals surface area contributed by atoms with E-state index in [0.29, 0.717) is 10.9 Å². The van der Waals surface area contributed by atoms with E-state index in [2.05, 4.69) is 9.72 Å². The molecular formula is C14H13ClN2O3. The van der Waals surface area contributed by atoms with Crippen molar-refractivity contribution in [2.24, 2.45) is 0 Å². The van der Waals surface area contributed by atoms with Gasteiger partial charge in [0.05, 0.1) is 24.6 Å². The Morgan fingerprint density at radius 1 is 1.40 bits per heavy atom. The number of esters is 1. The molecule has 2 N–H and O–H groups in total. The fraction of sp³-hybridized carbons (Fsp3) is 0.143. The van der Waals surface area contributed by atoms with Gasteiger partial charge in [0.25, 0.3) is 0 Å². The smallest absolute Gasteiger partial charge is 0.340 e. The molecule has 0 bridgehead atoms. The third-order valence-corrected chi connectivity index (χ3v) is 2.83. The number of hydrogen-bond acceptors (Lipinski definition) is 5. The highest BCUT2D eigenvalue weighted by Gasteiger charge is 2.12. The molecule has 104 valence electrons. The molecule has 0 saturated heterocycles. The number of methoxy groups -OCH3 is 1. The number of aromatic nitrogens is 1. The van der Waals surface area contributed by atoms with E-state index >= 15 is 0 Å². The van der Waals surface area contributed by atoms with E-state index in [1.165, 1.54) is 19.4 Å². The van der Waals surface area contributed by atoms with Crippen LogP contribution in [0.15, 0.2) is 36.5 Å². The predicted octanol–water partition coefficient (Wildman–Crippen LogP) is 2.68. The first-order chi connectivity index (χ1) is 9.60. The number of carbonyl (C=O) groups excluding carboxylic acids is 1. The number of pyridine rings is 1. The first-order valence-electron chi connectivity index (χ1n) is 5.81. The Balaban J connectivity index is 2.12. The summed E-state index contributed by atoms with van der Waals surface area (Å²) in [6.07, 6.45) is 1.36. The molecule has 1 heterocycles. The lowest BCUT2D eigenvalue weighted by atomic mass is 10.2. The molecule has 0 saturated carbocycles. The van der Waals surface area contributed by atoms with E-state index in [-0.39, 0.29) is 17.9 Å². The lowest BCUT2D eigenvalue weighted by Gasteiger charge is -2.08. The van der Waals surface area contributed by atoms with Crippen LogP contribution in [0, 0.1) is 0 Å². The molecular weight excluding hydrogens is 280 g/mol. The normalized spacial score (nSPS) is 10.1. The van der Waals surface area contributed by atoms with Crippen molar-refractivity contribution < 1.29 is 14.3 Å². The first kappa shape index (κ1) is 14.1. The molecule has 20 heavy (non-hydrogen) atoms. The van der Waals surface area contributed by atoms with Gasteiger partial charge >= 0.3 is 5.97 Å². The number of anilines is 1. The summed E-state index contributed by atoms with van der Waals surface area (Å²) in [4.78, 5) is 15.5. The summed E-state index contributed by atoms with van der Waals surface area (Å²) < 4.78 is 10.1. The van der Waals surface area contributed by atoms with Gasteiger partial charge in [-0.2, -0.15) is 0 Å². The Hall–Kier alpha value is -2.27. The summed E-state index contributed by atoms with van der Waals surface area (Å²) >= 11 is 5.88. The van der Waals surface area contributed by atoms with Crippen molar-refractivity contribution in [1.82, 2.24) is 4.98 Å². The van der Waals surface area contributed by atoms with Crippen molar-refractivity contribution in [3.63, 3.8) is 0 Å². The second-order valence-corrected chi connectivity index (χ2v) is 4.46. The van der Waals surface area contributed by atoms with Gasteiger partial charge in [0.1, 0.15) is 6.61 Å². The molecule has 0 fully saturated rings. The minimum atomic E-state index is -0.530. The van der Waals surface area contributed by atoms with Gasteiger partial charge in [-0.1, -0.05) is 23.7 Å². The lowest BCUT2D eigenvalue weighted by Crippen LogP contribution is -2.07. The molecule has 5 nitrogen and oxygen atoms in total. The number of rotatable bonds is 4. The molecule has 0 unspecified atom stereocenters. The molecule has 1 aromatic carbocycles. The number of nitrogen functional groups attached to an aromatic ring is 1. The maximum absolute atomic E-state index is 11.5. The Labute approximate surface area is 121 Å². The maximum Gasteiger partial charge on any atom is 0.340 e. The number of nitrogens with two attached hydrogens (primary N) is 1. The van der Waals surface area contributed by atoms with Gasteiger partial charge in [-0.05, 0) is 17.7 Å². The summed E-state index contributed by atoms with van der Waals surface area (Å²) in [5.41, 5.74) is 7.02. The molecule has 0 radical (unpaired) electrons. The van der Waals surface area contributed by atoms with Crippen molar-refractivity contribution in [3.8, 4) is 5.88 Å². The third kappa shape index (κ3) is 3.39. The molecule has 0 aliphatic heterocycles. The van der Waals surface area contributed by atoms with Crippen LogP contribution in [0.1, 0.15) is 15.9 Å². The zero-order valence-corrected chi connectivity index (χ0v) is 11.6. The number of carbonyl (C=O) groups is 1. The summed E-state index contributed by atoms with van der Waals surface area (Å²) in [5.74, 6) is -0.239. The lowest BCUT2D eigenvalue weighted by molar-refractivity contribution is 0.0601. The molecule has 2 aromatic rings. The van der Waals surface area contributed by atoms with Gasteiger partial charge in [0.2, 0.25) is 5.88 Å². The number of nitrogens with zero attached hydrogens (tertiary/aromatic N) is 1. The standard InChI is InChI=1S/C14H13ClN2O3/c1-19-14(18)11-6-13(17-7-12(11)16)20-8-9-3-2-4-10(15)5-9/h2-7H,8,16H2,1H3. The van der Waals surface area contributed by atoms with Crippen LogP contribution in [-0.2, 0) is 11.3 Å². The van der Waals surface area contributed by atoms with Crippen LogP contribution < -0.4 is 10.5 Å². The van der Waals surface area contributed by atoms with Crippen LogP contribution in [0.25, 0.3) is 0 Å². The summed E-state index contributed by atoms with van der Waals surface area (Å²) in [7, 11) is 1.29. The van der Waals surface area contributed by atoms with E-state index in [1.54, 1.807) is 12.1 Å². The summed E-state index contributed by atoms with van der Waals surface area (Å²) in [6.45, 7) is 0.290.